The Bertz CT molecular complexity index is 845. The minimum atomic E-state index is -3.24. The molecule has 1 aliphatic heterocycles. The van der Waals surface area contributed by atoms with Crippen LogP contribution >= 0.6 is 0 Å². The minimum Gasteiger partial charge on any atom is -0.343 e. The fourth-order valence-electron chi connectivity index (χ4n) is 3.05. The van der Waals surface area contributed by atoms with Crippen LogP contribution in [0.5, 0.6) is 0 Å². The zero-order valence-corrected chi connectivity index (χ0v) is 15.3. The van der Waals surface area contributed by atoms with Gasteiger partial charge in [0.05, 0.1) is 16.1 Å². The zero-order valence-electron chi connectivity index (χ0n) is 14.5. The fourth-order valence-corrected chi connectivity index (χ4v) is 3.69. The molecule has 2 aromatic rings. The lowest BCUT2D eigenvalue weighted by Gasteiger charge is -2.22. The van der Waals surface area contributed by atoms with Crippen LogP contribution < -0.4 is 4.90 Å². The van der Waals surface area contributed by atoms with Gasteiger partial charge in [-0.2, -0.15) is 0 Å². The quantitative estimate of drug-likeness (QED) is 0.822. The van der Waals surface area contributed by atoms with E-state index in [1.54, 1.807) is 18.2 Å². The molecule has 0 spiro atoms. The Hall–Kier alpha value is -1.73. The lowest BCUT2D eigenvalue weighted by atomic mass is 10.2. The summed E-state index contributed by atoms with van der Waals surface area (Å²) in [4.78, 5) is 14.0. The maximum Gasteiger partial charge on any atom is 0.225 e. The normalized spacial score (nSPS) is 16.0. The van der Waals surface area contributed by atoms with Crippen LogP contribution in [0.25, 0.3) is 10.9 Å². The summed E-state index contributed by atoms with van der Waals surface area (Å²) in [6.07, 6.45) is 3.78. The Balaban J connectivity index is 1.87. The van der Waals surface area contributed by atoms with E-state index < -0.39 is 9.84 Å². The van der Waals surface area contributed by atoms with Crippen LogP contribution in [0.3, 0.4) is 0 Å². The molecule has 0 amide bonds. The van der Waals surface area contributed by atoms with Crippen molar-refractivity contribution in [1.82, 2.24) is 14.9 Å². The first-order valence-corrected chi connectivity index (χ1v) is 10.2. The van der Waals surface area contributed by atoms with E-state index in [0.29, 0.717) is 16.4 Å². The maximum absolute atomic E-state index is 11.8. The number of hydrogen-bond acceptors (Lipinski definition) is 6. The van der Waals surface area contributed by atoms with Crippen LogP contribution in [0.4, 0.5) is 5.95 Å². The van der Waals surface area contributed by atoms with Gasteiger partial charge in [0.15, 0.2) is 9.84 Å². The molecule has 0 atom stereocenters. The van der Waals surface area contributed by atoms with Crippen LogP contribution in [-0.4, -0.2) is 62.8 Å². The molecular formula is C17H24N4O2S. The van der Waals surface area contributed by atoms with Gasteiger partial charge < -0.3 is 9.80 Å². The molecule has 0 bridgehead atoms. The first-order chi connectivity index (χ1) is 11.3. The number of sulfone groups is 1. The van der Waals surface area contributed by atoms with Crippen molar-refractivity contribution in [1.29, 1.82) is 0 Å². The van der Waals surface area contributed by atoms with E-state index in [-0.39, 0.29) is 0 Å². The molecule has 7 heteroatoms. The second-order valence-electron chi connectivity index (χ2n) is 6.53. The van der Waals surface area contributed by atoms with Crippen molar-refractivity contribution in [3.05, 3.63) is 23.9 Å². The highest BCUT2D eigenvalue weighted by molar-refractivity contribution is 7.90. The Labute approximate surface area is 143 Å². The molecular weight excluding hydrogens is 324 g/mol. The largest absolute Gasteiger partial charge is 0.343 e. The van der Waals surface area contributed by atoms with Crippen LogP contribution in [0, 0.1) is 6.92 Å². The van der Waals surface area contributed by atoms with E-state index in [0.717, 1.165) is 24.2 Å². The summed E-state index contributed by atoms with van der Waals surface area (Å²) in [6, 6.07) is 5.04. The summed E-state index contributed by atoms with van der Waals surface area (Å²) < 4.78 is 23.5. The smallest absolute Gasteiger partial charge is 0.225 e. The molecule has 1 aromatic carbocycles. The molecule has 0 saturated carbocycles. The summed E-state index contributed by atoms with van der Waals surface area (Å²) in [5.41, 5.74) is 1.54. The monoisotopic (exact) mass is 348 g/mol. The summed E-state index contributed by atoms with van der Waals surface area (Å²) in [5.74, 6) is 0.643. The number of aryl methyl sites for hydroxylation is 1. The molecule has 24 heavy (non-hydrogen) atoms. The number of likely N-dealkylation sites (tertiary alicyclic amines) is 1. The highest BCUT2D eigenvalue weighted by Crippen LogP contribution is 2.22. The summed E-state index contributed by atoms with van der Waals surface area (Å²) in [7, 11) is -1.26. The number of fused-ring (bicyclic) bond motifs is 1. The molecule has 130 valence electrons. The Morgan fingerprint density at radius 1 is 1.21 bits per heavy atom. The predicted octanol–water partition coefficient (Wildman–Crippen LogP) is 1.87. The first kappa shape index (κ1) is 17.1. The molecule has 0 unspecified atom stereocenters. The van der Waals surface area contributed by atoms with E-state index >= 15 is 0 Å². The number of likely N-dealkylation sites (N-methyl/N-ethyl adjacent to an activating group) is 1. The van der Waals surface area contributed by atoms with Gasteiger partial charge in [0.25, 0.3) is 0 Å². The van der Waals surface area contributed by atoms with E-state index in [4.69, 9.17) is 0 Å². The van der Waals surface area contributed by atoms with E-state index in [9.17, 15) is 8.42 Å². The van der Waals surface area contributed by atoms with Crippen LogP contribution in [-0.2, 0) is 9.84 Å². The van der Waals surface area contributed by atoms with Crippen molar-refractivity contribution >= 4 is 26.7 Å². The molecule has 1 aliphatic rings. The SMILES string of the molecule is Cc1nc(N(C)CCN2CCCC2)nc2cc(S(C)(=O)=O)ccc12. The van der Waals surface area contributed by atoms with Gasteiger partial charge in [-0.3, -0.25) is 0 Å². The maximum atomic E-state index is 11.8. The third kappa shape index (κ3) is 3.67. The molecule has 3 rings (SSSR count). The van der Waals surface area contributed by atoms with Crippen molar-refractivity contribution in [2.75, 3.05) is 44.4 Å². The summed E-state index contributed by atoms with van der Waals surface area (Å²) in [6.45, 7) is 6.13. The highest BCUT2D eigenvalue weighted by Gasteiger charge is 2.15. The van der Waals surface area contributed by atoms with E-state index in [1.807, 2.05) is 18.9 Å². The van der Waals surface area contributed by atoms with Gasteiger partial charge in [0, 0.05) is 31.8 Å². The lowest BCUT2D eigenvalue weighted by Crippen LogP contribution is -2.32. The van der Waals surface area contributed by atoms with Gasteiger partial charge in [0.2, 0.25) is 5.95 Å². The highest BCUT2D eigenvalue weighted by atomic mass is 32.2. The third-order valence-corrected chi connectivity index (χ3v) is 5.68. The van der Waals surface area contributed by atoms with Crippen molar-refractivity contribution in [3.8, 4) is 0 Å². The van der Waals surface area contributed by atoms with Crippen molar-refractivity contribution in [3.63, 3.8) is 0 Å². The van der Waals surface area contributed by atoms with Crippen molar-refractivity contribution < 1.29 is 8.42 Å². The number of rotatable bonds is 5. The van der Waals surface area contributed by atoms with Crippen LogP contribution in [0.2, 0.25) is 0 Å². The summed E-state index contributed by atoms with van der Waals surface area (Å²) in [5, 5.41) is 0.888. The van der Waals surface area contributed by atoms with Gasteiger partial charge in [-0.25, -0.2) is 18.4 Å². The zero-order chi connectivity index (χ0) is 17.3. The molecule has 0 aliphatic carbocycles. The number of anilines is 1. The molecule has 6 nitrogen and oxygen atoms in total. The van der Waals surface area contributed by atoms with Gasteiger partial charge in [0.1, 0.15) is 0 Å². The van der Waals surface area contributed by atoms with Gasteiger partial charge in [-0.15, -0.1) is 0 Å². The van der Waals surface area contributed by atoms with Crippen LogP contribution in [0.1, 0.15) is 18.5 Å². The first-order valence-electron chi connectivity index (χ1n) is 8.26. The lowest BCUT2D eigenvalue weighted by molar-refractivity contribution is 0.346. The minimum absolute atomic E-state index is 0.291. The van der Waals surface area contributed by atoms with Crippen molar-refractivity contribution in [2.24, 2.45) is 0 Å². The van der Waals surface area contributed by atoms with Gasteiger partial charge >= 0.3 is 0 Å². The van der Waals surface area contributed by atoms with Crippen molar-refractivity contribution in [2.45, 2.75) is 24.7 Å². The number of nitrogens with zero attached hydrogens (tertiary/aromatic N) is 4. The number of hydrogen-bond donors (Lipinski definition) is 0. The Morgan fingerprint density at radius 3 is 2.58 bits per heavy atom. The second-order valence-corrected chi connectivity index (χ2v) is 8.55. The van der Waals surface area contributed by atoms with Crippen LogP contribution in [0.15, 0.2) is 23.1 Å². The molecule has 2 heterocycles. The average molecular weight is 348 g/mol. The predicted molar refractivity (Wildman–Crippen MR) is 96.3 cm³/mol. The molecule has 0 N–H and O–H groups in total. The van der Waals surface area contributed by atoms with Gasteiger partial charge in [-0.05, 0) is 51.1 Å². The molecule has 1 saturated heterocycles. The van der Waals surface area contributed by atoms with E-state index in [1.165, 1.54) is 32.2 Å². The third-order valence-electron chi connectivity index (χ3n) is 4.57. The Morgan fingerprint density at radius 2 is 1.92 bits per heavy atom. The fraction of sp³-hybridized carbons (Fsp3) is 0.529. The molecule has 0 radical (unpaired) electrons. The average Bonchev–Trinajstić information content (AvgIpc) is 3.04. The second kappa shape index (κ2) is 6.64. The van der Waals surface area contributed by atoms with Gasteiger partial charge in [-0.1, -0.05) is 0 Å². The van der Waals surface area contributed by atoms with E-state index in [2.05, 4.69) is 14.9 Å². The number of benzene rings is 1. The standard InChI is InChI=1S/C17H24N4O2S/c1-13-15-7-6-14(24(3,22)23)12-16(15)19-17(18-13)20(2)10-11-21-8-4-5-9-21/h6-7,12H,4-5,8-11H2,1-3H3. The molecule has 1 aromatic heterocycles. The topological polar surface area (TPSA) is 66.4 Å². The number of aromatic nitrogens is 2. The molecule has 1 fully saturated rings. The summed E-state index contributed by atoms with van der Waals surface area (Å²) >= 11 is 0. The Kier molecular flexibility index (Phi) is 4.73.